The van der Waals surface area contributed by atoms with Crippen molar-refractivity contribution < 1.29 is 64.6 Å². The molecule has 0 saturated carbocycles. The zero-order valence-corrected chi connectivity index (χ0v) is 50.3. The van der Waals surface area contributed by atoms with E-state index in [2.05, 4.69) is 79.9 Å². The Hall–Kier alpha value is -2.31. The fraction of sp³-hybridized carbons (Fsp3) is 0.833. The van der Waals surface area contributed by atoms with Gasteiger partial charge in [-0.3, -0.25) is 4.79 Å². The van der Waals surface area contributed by atoms with Crippen LogP contribution >= 0.6 is 0 Å². The van der Waals surface area contributed by atoms with E-state index in [1.165, 1.54) is 128 Å². The molecule has 2 fully saturated rings. The maximum absolute atomic E-state index is 13.3. The minimum Gasteiger partial charge on any atom is -0.394 e. The second-order valence-corrected chi connectivity index (χ2v) is 22.9. The molecule has 0 aromatic heterocycles. The fourth-order valence-electron chi connectivity index (χ4n) is 10.6. The van der Waals surface area contributed by atoms with E-state index in [0.29, 0.717) is 12.8 Å². The predicted molar refractivity (Wildman–Crippen MR) is 323 cm³/mol. The number of nitrogens with one attached hydrogen (secondary N) is 1. The molecule has 2 heterocycles. The van der Waals surface area contributed by atoms with Gasteiger partial charge in [0.15, 0.2) is 12.6 Å². The van der Waals surface area contributed by atoms with Crippen molar-refractivity contribution in [2.45, 2.75) is 331 Å². The van der Waals surface area contributed by atoms with Gasteiger partial charge in [-0.1, -0.05) is 254 Å². The van der Waals surface area contributed by atoms with Crippen molar-refractivity contribution in [3.8, 4) is 0 Å². The van der Waals surface area contributed by atoms with E-state index in [9.17, 15) is 45.6 Å². The van der Waals surface area contributed by atoms with E-state index in [4.69, 9.17) is 18.9 Å². The van der Waals surface area contributed by atoms with Crippen molar-refractivity contribution in [3.05, 3.63) is 60.8 Å². The summed E-state index contributed by atoms with van der Waals surface area (Å²) >= 11 is 0. The first kappa shape index (κ1) is 73.8. The summed E-state index contributed by atoms with van der Waals surface area (Å²) in [5, 5.41) is 87.5. The number of rotatable bonds is 52. The van der Waals surface area contributed by atoms with Crippen LogP contribution in [0.4, 0.5) is 0 Å². The van der Waals surface area contributed by atoms with Gasteiger partial charge in [-0.15, -0.1) is 0 Å². The van der Waals surface area contributed by atoms with Crippen LogP contribution in [0, 0.1) is 0 Å². The first-order chi connectivity index (χ1) is 39.1. The summed E-state index contributed by atoms with van der Waals surface area (Å²) in [7, 11) is 0. The van der Waals surface area contributed by atoms with Crippen molar-refractivity contribution in [1.29, 1.82) is 0 Å². The number of carbonyl (C=O) groups is 1. The van der Waals surface area contributed by atoms with E-state index in [0.717, 1.165) is 96.3 Å². The van der Waals surface area contributed by atoms with E-state index < -0.39 is 86.8 Å². The van der Waals surface area contributed by atoms with Gasteiger partial charge in [-0.05, 0) is 57.8 Å². The minimum atomic E-state index is -1.79. The lowest BCUT2D eigenvalue weighted by molar-refractivity contribution is -0.359. The quantitative estimate of drug-likeness (QED) is 0.0204. The van der Waals surface area contributed by atoms with E-state index >= 15 is 0 Å². The molecule has 466 valence electrons. The zero-order chi connectivity index (χ0) is 58.1. The number of unbranched alkanes of at least 4 members (excludes halogenated alkanes) is 29. The van der Waals surface area contributed by atoms with Crippen LogP contribution in [-0.2, 0) is 23.7 Å². The third-order valence-electron chi connectivity index (χ3n) is 15.7. The Labute approximate surface area is 486 Å². The number of hydrogen-bond donors (Lipinski definition) is 9. The van der Waals surface area contributed by atoms with Crippen molar-refractivity contribution >= 4 is 5.91 Å². The molecule has 9 N–H and O–H groups in total. The van der Waals surface area contributed by atoms with Crippen molar-refractivity contribution in [3.63, 3.8) is 0 Å². The van der Waals surface area contributed by atoms with Gasteiger partial charge in [0.25, 0.3) is 0 Å². The summed E-state index contributed by atoms with van der Waals surface area (Å²) in [6.07, 6.45) is 49.3. The normalized spacial score (nSPS) is 24.6. The molecule has 0 aromatic rings. The summed E-state index contributed by atoms with van der Waals surface area (Å²) in [6, 6.07) is -0.839. The van der Waals surface area contributed by atoms with Gasteiger partial charge in [-0.25, -0.2) is 0 Å². The van der Waals surface area contributed by atoms with Gasteiger partial charge in [-0.2, -0.15) is 0 Å². The smallest absolute Gasteiger partial charge is 0.220 e. The van der Waals surface area contributed by atoms with E-state index in [-0.39, 0.29) is 18.9 Å². The Balaban J connectivity index is 1.72. The maximum Gasteiger partial charge on any atom is 0.220 e. The molecule has 12 unspecified atom stereocenters. The molecule has 14 heteroatoms. The third kappa shape index (κ3) is 35.7. The Bertz CT molecular complexity index is 1570. The summed E-state index contributed by atoms with van der Waals surface area (Å²) in [5.74, 6) is -0.217. The van der Waals surface area contributed by atoms with Gasteiger partial charge in [0.1, 0.15) is 48.8 Å². The molecular weight excluding hydrogens is 1010 g/mol. The van der Waals surface area contributed by atoms with Crippen LogP contribution in [0.25, 0.3) is 0 Å². The number of amides is 1. The number of allylic oxidation sites excluding steroid dienone is 10. The average molecular weight is 1130 g/mol. The molecule has 0 spiro atoms. The number of aliphatic hydroxyl groups excluding tert-OH is 8. The second kappa shape index (κ2) is 51.1. The second-order valence-electron chi connectivity index (χ2n) is 22.9. The standard InChI is InChI=1S/C66H119NO13/c1-3-5-7-9-11-13-15-17-19-21-23-25-27-29-31-33-35-37-39-41-43-45-47-49-55(70)54(53-77-65-63(76)61(74)64(57(52-69)79-65)80-66-62(75)60(73)59(72)56(51-68)78-66)67-58(71)50-48-46-44-42-40-38-36-34-32-30-28-26-24-22-20-18-16-14-12-10-8-6-4-2/h6,8,12,14,18,20,24,26,30,32,54-57,59-66,68-70,72-76H,3-5,7,9-11,13,15-17,19,21-23,25,27-29,31,33-53H2,1-2H3,(H,67,71)/b8-6-,14-12-,20-18-,26-24-,32-30-. The van der Waals surface area contributed by atoms with Crippen LogP contribution in [0.1, 0.15) is 258 Å². The molecule has 2 rings (SSSR count). The molecule has 0 aromatic carbocycles. The molecule has 1 amide bonds. The van der Waals surface area contributed by atoms with Crippen LogP contribution < -0.4 is 5.32 Å². The topological polar surface area (TPSA) is 228 Å². The van der Waals surface area contributed by atoms with Crippen molar-refractivity contribution in [1.82, 2.24) is 5.32 Å². The van der Waals surface area contributed by atoms with Crippen molar-refractivity contribution in [2.75, 3.05) is 19.8 Å². The first-order valence-electron chi connectivity index (χ1n) is 32.5. The molecule has 14 nitrogen and oxygen atoms in total. The van der Waals surface area contributed by atoms with Crippen LogP contribution in [0.2, 0.25) is 0 Å². The highest BCUT2D eigenvalue weighted by molar-refractivity contribution is 5.76. The van der Waals surface area contributed by atoms with Crippen LogP contribution in [-0.4, -0.2) is 140 Å². The van der Waals surface area contributed by atoms with Crippen LogP contribution in [0.5, 0.6) is 0 Å². The summed E-state index contributed by atoms with van der Waals surface area (Å²) in [6.45, 7) is 2.76. The number of hydrogen-bond acceptors (Lipinski definition) is 13. The van der Waals surface area contributed by atoms with Crippen LogP contribution in [0.3, 0.4) is 0 Å². The summed E-state index contributed by atoms with van der Waals surface area (Å²) < 4.78 is 22.9. The highest BCUT2D eigenvalue weighted by Gasteiger charge is 2.51. The minimum absolute atomic E-state index is 0.217. The monoisotopic (exact) mass is 1130 g/mol. The molecule has 2 aliphatic heterocycles. The molecular formula is C66H119NO13. The van der Waals surface area contributed by atoms with Crippen LogP contribution in [0.15, 0.2) is 60.8 Å². The summed E-state index contributed by atoms with van der Waals surface area (Å²) in [5.41, 5.74) is 0. The molecule has 0 aliphatic carbocycles. The zero-order valence-electron chi connectivity index (χ0n) is 50.3. The number of carbonyl (C=O) groups excluding carboxylic acids is 1. The largest absolute Gasteiger partial charge is 0.394 e. The summed E-state index contributed by atoms with van der Waals surface area (Å²) in [4.78, 5) is 13.3. The average Bonchev–Trinajstić information content (AvgIpc) is 3.46. The predicted octanol–water partition coefficient (Wildman–Crippen LogP) is 12.1. The van der Waals surface area contributed by atoms with Gasteiger partial charge in [0, 0.05) is 6.42 Å². The molecule has 80 heavy (non-hydrogen) atoms. The highest BCUT2D eigenvalue weighted by atomic mass is 16.7. The lowest BCUT2D eigenvalue weighted by atomic mass is 9.97. The molecule has 0 bridgehead atoms. The highest BCUT2D eigenvalue weighted by Crippen LogP contribution is 2.30. The van der Waals surface area contributed by atoms with E-state index in [1.807, 2.05) is 0 Å². The number of aliphatic hydroxyl groups is 8. The van der Waals surface area contributed by atoms with E-state index in [1.54, 1.807) is 0 Å². The lowest BCUT2D eigenvalue weighted by Crippen LogP contribution is -2.65. The maximum atomic E-state index is 13.3. The SMILES string of the molecule is CC/C=C\C/C=C\C/C=C\C/C=C\C/C=C\CCCCCCCCCC(=O)NC(COC1OC(CO)C(OC2OC(CO)C(O)C(O)C2O)C(O)C1O)C(O)CCCCCCCCCCCCCCCCCCCCCCCCC. The Morgan fingerprint density at radius 1 is 0.463 bits per heavy atom. The van der Waals surface area contributed by atoms with Gasteiger partial charge >= 0.3 is 0 Å². The first-order valence-corrected chi connectivity index (χ1v) is 32.5. The fourth-order valence-corrected chi connectivity index (χ4v) is 10.6. The molecule has 0 radical (unpaired) electrons. The molecule has 2 aliphatic rings. The van der Waals surface area contributed by atoms with Gasteiger partial charge < -0.3 is 65.1 Å². The molecule has 12 atom stereocenters. The lowest BCUT2D eigenvalue weighted by Gasteiger charge is -2.46. The Kier molecular flexibility index (Phi) is 47.2. The van der Waals surface area contributed by atoms with Gasteiger partial charge in [0.05, 0.1) is 32.0 Å². The Morgan fingerprint density at radius 3 is 1.32 bits per heavy atom. The van der Waals surface area contributed by atoms with Gasteiger partial charge in [0.2, 0.25) is 5.91 Å². The molecule has 2 saturated heterocycles. The van der Waals surface area contributed by atoms with Crippen molar-refractivity contribution in [2.24, 2.45) is 0 Å². The Morgan fingerprint density at radius 2 is 0.863 bits per heavy atom. The number of ether oxygens (including phenoxy) is 4. The third-order valence-corrected chi connectivity index (χ3v) is 15.7.